The van der Waals surface area contributed by atoms with Crippen molar-refractivity contribution in [3.8, 4) is 5.75 Å². The Morgan fingerprint density at radius 3 is 2.75 bits per heavy atom. The molecule has 0 amide bonds. The highest BCUT2D eigenvalue weighted by molar-refractivity contribution is 7.09. The number of esters is 1. The lowest BCUT2D eigenvalue weighted by Crippen LogP contribution is -2.57. The van der Waals surface area contributed by atoms with Crippen LogP contribution in [0.4, 0.5) is 0 Å². The lowest BCUT2D eigenvalue weighted by molar-refractivity contribution is -0.195. The van der Waals surface area contributed by atoms with Gasteiger partial charge < -0.3 is 24.9 Å². The van der Waals surface area contributed by atoms with Gasteiger partial charge in [-0.2, -0.15) is 4.89 Å². The van der Waals surface area contributed by atoms with Gasteiger partial charge in [-0.3, -0.25) is 4.79 Å². The Bertz CT molecular complexity index is 1150. The number of benzene rings is 1. The second-order valence-corrected chi connectivity index (χ2v) is 10.9. The molecule has 1 aromatic carbocycles. The summed E-state index contributed by atoms with van der Waals surface area (Å²) in [4.78, 5) is 40.9. The number of carbonyl (C=O) groups is 2. The van der Waals surface area contributed by atoms with Crippen molar-refractivity contribution < 1.29 is 29.2 Å². The monoisotopic (exact) mass is 514 g/mol. The number of nitrogens with zero attached hydrogens (tertiary/aromatic N) is 1. The van der Waals surface area contributed by atoms with Gasteiger partial charge in [0.05, 0.1) is 11.7 Å². The molecule has 4 rings (SSSR count). The van der Waals surface area contributed by atoms with Gasteiger partial charge in [0.2, 0.25) is 0 Å². The maximum absolute atomic E-state index is 13.5. The first-order valence-corrected chi connectivity index (χ1v) is 13.1. The van der Waals surface area contributed by atoms with Gasteiger partial charge in [0.15, 0.2) is 5.75 Å². The Morgan fingerprint density at radius 2 is 2.08 bits per heavy atom. The van der Waals surface area contributed by atoms with Gasteiger partial charge in [-0.1, -0.05) is 24.3 Å². The minimum absolute atomic E-state index is 0.266. The van der Waals surface area contributed by atoms with Crippen molar-refractivity contribution >= 4 is 23.3 Å². The number of carbonyl (C=O) groups excluding carboxylic acids is 1. The van der Waals surface area contributed by atoms with Gasteiger partial charge in [0, 0.05) is 40.2 Å². The zero-order valence-corrected chi connectivity index (χ0v) is 22.2. The van der Waals surface area contributed by atoms with Crippen LogP contribution < -0.4 is 10.2 Å². The number of allylic oxidation sites excluding steroid dienone is 1. The number of ether oxygens (including phenoxy) is 1. The highest BCUT2D eigenvalue weighted by atomic mass is 32.1. The second kappa shape index (κ2) is 10.6. The predicted molar refractivity (Wildman–Crippen MR) is 136 cm³/mol. The number of hydrogen-bond donors (Lipinski definition) is 2. The van der Waals surface area contributed by atoms with E-state index in [0.29, 0.717) is 42.1 Å². The fourth-order valence-corrected chi connectivity index (χ4v) is 6.12. The summed E-state index contributed by atoms with van der Waals surface area (Å²) in [6.45, 7) is 8.73. The average Bonchev–Trinajstić information content (AvgIpc) is 3.49. The molecule has 36 heavy (non-hydrogen) atoms. The van der Waals surface area contributed by atoms with Crippen LogP contribution in [0.3, 0.4) is 0 Å². The minimum Gasteiger partial charge on any atom is -0.481 e. The Labute approximate surface area is 215 Å². The van der Waals surface area contributed by atoms with Crippen LogP contribution in [0.1, 0.15) is 56.0 Å². The summed E-state index contributed by atoms with van der Waals surface area (Å²) in [6, 6.07) is 9.18. The average molecular weight is 515 g/mol. The third-order valence-corrected chi connectivity index (χ3v) is 7.94. The summed E-state index contributed by atoms with van der Waals surface area (Å²) in [6.07, 6.45) is -0.0470. The van der Waals surface area contributed by atoms with Crippen molar-refractivity contribution in [2.24, 2.45) is 5.41 Å². The van der Waals surface area contributed by atoms with E-state index in [4.69, 9.17) is 14.5 Å². The van der Waals surface area contributed by atoms with E-state index in [-0.39, 0.29) is 12.7 Å². The molecule has 0 saturated heterocycles. The molecular weight excluding hydrogens is 480 g/mol. The first-order valence-electron chi connectivity index (χ1n) is 12.2. The summed E-state index contributed by atoms with van der Waals surface area (Å²) >= 11 is 1.67. The van der Waals surface area contributed by atoms with E-state index in [1.807, 2.05) is 43.6 Å². The maximum Gasteiger partial charge on any atom is 0.336 e. The molecular formula is C27H34N2O6S. The van der Waals surface area contributed by atoms with E-state index in [2.05, 4.69) is 16.3 Å². The SMILES string of the molecule is CC1=C(C(=O)OC(C)C)C(c2cccc3c2OOC3)C(CCN(C)Cc2cccs2)(C(=O)O)C(C)N1. The Kier molecular flexibility index (Phi) is 7.73. The van der Waals surface area contributed by atoms with Crippen molar-refractivity contribution in [1.82, 2.24) is 10.2 Å². The Morgan fingerprint density at radius 1 is 1.31 bits per heavy atom. The number of thiophene rings is 1. The number of fused-ring (bicyclic) bond motifs is 1. The minimum atomic E-state index is -1.35. The molecule has 2 aliphatic heterocycles. The van der Waals surface area contributed by atoms with Crippen LogP contribution in [0.5, 0.6) is 5.75 Å². The van der Waals surface area contributed by atoms with E-state index < -0.39 is 29.3 Å². The third kappa shape index (κ3) is 4.87. The van der Waals surface area contributed by atoms with Crippen LogP contribution in [0, 0.1) is 5.41 Å². The molecule has 0 bridgehead atoms. The van der Waals surface area contributed by atoms with Gasteiger partial charge in [-0.05, 0) is 59.2 Å². The zero-order valence-electron chi connectivity index (χ0n) is 21.4. The quantitative estimate of drug-likeness (QED) is 0.374. The summed E-state index contributed by atoms with van der Waals surface area (Å²) in [5.41, 5.74) is 1.02. The van der Waals surface area contributed by atoms with E-state index >= 15 is 0 Å². The van der Waals surface area contributed by atoms with Gasteiger partial charge in [-0.25, -0.2) is 4.79 Å². The topological polar surface area (TPSA) is 97.3 Å². The molecule has 2 aliphatic rings. The molecule has 0 saturated carbocycles. The van der Waals surface area contributed by atoms with Gasteiger partial charge in [-0.15, -0.1) is 11.3 Å². The first kappa shape index (κ1) is 26.2. The van der Waals surface area contributed by atoms with Gasteiger partial charge in [0.1, 0.15) is 12.0 Å². The van der Waals surface area contributed by atoms with Crippen LogP contribution in [-0.4, -0.2) is 47.7 Å². The number of para-hydroxylation sites is 1. The zero-order chi connectivity index (χ0) is 26.0. The van der Waals surface area contributed by atoms with Crippen molar-refractivity contribution in [3.05, 3.63) is 63.0 Å². The molecule has 194 valence electrons. The molecule has 3 heterocycles. The fourth-order valence-electron chi connectivity index (χ4n) is 5.34. The first-order chi connectivity index (χ1) is 17.1. The molecule has 0 radical (unpaired) electrons. The smallest absolute Gasteiger partial charge is 0.336 e. The van der Waals surface area contributed by atoms with Crippen LogP contribution >= 0.6 is 11.3 Å². The third-order valence-electron chi connectivity index (χ3n) is 7.08. The highest BCUT2D eigenvalue weighted by Gasteiger charge is 2.57. The molecule has 2 aromatic rings. The summed E-state index contributed by atoms with van der Waals surface area (Å²) in [5.74, 6) is -1.82. The molecule has 8 nitrogen and oxygen atoms in total. The predicted octanol–water partition coefficient (Wildman–Crippen LogP) is 4.47. The normalized spacial score (nSPS) is 23.4. The lowest BCUT2D eigenvalue weighted by Gasteiger charge is -2.47. The number of aliphatic carboxylic acids is 1. The highest BCUT2D eigenvalue weighted by Crippen LogP contribution is 2.54. The molecule has 3 atom stereocenters. The number of carboxylic acid groups (broad SMARTS) is 1. The maximum atomic E-state index is 13.5. The van der Waals surface area contributed by atoms with E-state index in [1.54, 1.807) is 32.1 Å². The molecule has 9 heteroatoms. The number of hydrogen-bond acceptors (Lipinski definition) is 8. The van der Waals surface area contributed by atoms with E-state index in [1.165, 1.54) is 4.88 Å². The van der Waals surface area contributed by atoms with Crippen LogP contribution in [0.15, 0.2) is 47.0 Å². The van der Waals surface area contributed by atoms with Crippen LogP contribution in [0.25, 0.3) is 0 Å². The largest absolute Gasteiger partial charge is 0.481 e. The Hall–Kier alpha value is -2.88. The molecule has 0 spiro atoms. The molecule has 2 N–H and O–H groups in total. The number of carboxylic acids is 1. The number of rotatable bonds is 9. The van der Waals surface area contributed by atoms with Crippen LogP contribution in [0.2, 0.25) is 0 Å². The summed E-state index contributed by atoms with van der Waals surface area (Å²) in [5, 5.41) is 16.2. The van der Waals surface area contributed by atoms with Gasteiger partial charge >= 0.3 is 11.9 Å². The standard InChI is InChI=1S/C27H34N2O6S/c1-16(2)34-25(30)22-17(3)28-18(4)27(26(31)32,11-12-29(5)14-20-9-7-13-36-20)23(22)21-10-6-8-19-15-33-35-24(19)21/h6-10,13,16,18,23,28H,11-12,14-15H2,1-5H3,(H,31,32). The number of nitrogens with one attached hydrogen (secondary N) is 1. The van der Waals surface area contributed by atoms with Gasteiger partial charge in [0.25, 0.3) is 0 Å². The molecule has 0 aliphatic carbocycles. The van der Waals surface area contributed by atoms with Crippen LogP contribution in [-0.2, 0) is 32.4 Å². The molecule has 0 fully saturated rings. The van der Waals surface area contributed by atoms with Crippen molar-refractivity contribution in [2.75, 3.05) is 13.6 Å². The second-order valence-electron chi connectivity index (χ2n) is 9.89. The lowest BCUT2D eigenvalue weighted by atomic mass is 9.60. The van der Waals surface area contributed by atoms with Crippen molar-refractivity contribution in [1.29, 1.82) is 0 Å². The summed E-state index contributed by atoms with van der Waals surface area (Å²) < 4.78 is 5.62. The van der Waals surface area contributed by atoms with E-state index in [0.717, 1.165) is 5.56 Å². The fraction of sp³-hybridized carbons (Fsp3) is 0.481. The summed E-state index contributed by atoms with van der Waals surface area (Å²) in [7, 11) is 1.98. The van der Waals surface area contributed by atoms with E-state index in [9.17, 15) is 14.7 Å². The Balaban J connectivity index is 1.82. The van der Waals surface area contributed by atoms with Crippen molar-refractivity contribution in [2.45, 2.75) is 65.3 Å². The molecule has 1 aromatic heterocycles. The van der Waals surface area contributed by atoms with Crippen molar-refractivity contribution in [3.63, 3.8) is 0 Å². The molecule has 3 unspecified atom stereocenters.